The lowest BCUT2D eigenvalue weighted by molar-refractivity contribution is -0.132. The first-order chi connectivity index (χ1) is 12.3. The highest BCUT2D eigenvalue weighted by Crippen LogP contribution is 2.18. The van der Waals surface area contributed by atoms with Crippen molar-refractivity contribution in [3.05, 3.63) is 65.5 Å². The maximum Gasteiger partial charge on any atom is 0.261 e. The third-order valence-corrected chi connectivity index (χ3v) is 3.55. The summed E-state index contributed by atoms with van der Waals surface area (Å²) in [6.07, 6.45) is -1.06. The molecule has 2 aromatic carbocycles. The van der Waals surface area contributed by atoms with Gasteiger partial charge in [-0.2, -0.15) is 0 Å². The number of ether oxygens (including phenoxy) is 1. The highest BCUT2D eigenvalue weighted by molar-refractivity contribution is 5.90. The molecule has 2 rings (SSSR count). The van der Waals surface area contributed by atoms with Gasteiger partial charge >= 0.3 is 0 Å². The molecule has 0 aromatic heterocycles. The summed E-state index contributed by atoms with van der Waals surface area (Å²) in [5.74, 6) is -3.92. The Hall–Kier alpha value is -3.03. The quantitative estimate of drug-likeness (QED) is 0.825. The van der Waals surface area contributed by atoms with Crippen molar-refractivity contribution in [3.8, 4) is 5.75 Å². The van der Waals surface area contributed by atoms with E-state index in [9.17, 15) is 22.8 Å². The zero-order chi connectivity index (χ0) is 19.3. The molecule has 0 saturated carbocycles. The van der Waals surface area contributed by atoms with Gasteiger partial charge in [-0.3, -0.25) is 9.59 Å². The summed E-state index contributed by atoms with van der Waals surface area (Å²) < 4.78 is 45.1. The van der Waals surface area contributed by atoms with Crippen LogP contribution < -0.4 is 15.4 Å². The molecule has 2 atom stereocenters. The van der Waals surface area contributed by atoms with E-state index in [-0.39, 0.29) is 11.3 Å². The van der Waals surface area contributed by atoms with Gasteiger partial charge in [0.25, 0.3) is 5.91 Å². The largest absolute Gasteiger partial charge is 0.481 e. The number of hydrogen-bond donors (Lipinski definition) is 2. The summed E-state index contributed by atoms with van der Waals surface area (Å²) in [4.78, 5) is 24.3. The highest BCUT2D eigenvalue weighted by atomic mass is 19.2. The van der Waals surface area contributed by atoms with Crippen LogP contribution in [0.2, 0.25) is 0 Å². The van der Waals surface area contributed by atoms with E-state index in [1.807, 2.05) is 0 Å². The zero-order valence-electron chi connectivity index (χ0n) is 14.1. The van der Waals surface area contributed by atoms with Gasteiger partial charge in [-0.1, -0.05) is 12.1 Å². The predicted octanol–water partition coefficient (Wildman–Crippen LogP) is 2.47. The van der Waals surface area contributed by atoms with Crippen molar-refractivity contribution in [2.75, 3.05) is 7.05 Å². The van der Waals surface area contributed by atoms with Gasteiger partial charge in [0.1, 0.15) is 17.6 Å². The molecular weight excluding hydrogens is 349 g/mol. The van der Waals surface area contributed by atoms with Crippen molar-refractivity contribution in [3.63, 3.8) is 0 Å². The monoisotopic (exact) mass is 366 g/mol. The topological polar surface area (TPSA) is 67.4 Å². The molecule has 138 valence electrons. The molecule has 0 aliphatic rings. The SMILES string of the molecule is CNC(=O)C(NC(=O)C(C)Oc1cccc(F)c1)c1ccc(F)c(F)c1. The van der Waals surface area contributed by atoms with Crippen LogP contribution in [0, 0.1) is 17.5 Å². The van der Waals surface area contributed by atoms with E-state index in [2.05, 4.69) is 10.6 Å². The van der Waals surface area contributed by atoms with E-state index in [1.165, 1.54) is 38.2 Å². The molecule has 0 saturated heterocycles. The number of carbonyl (C=O) groups excluding carboxylic acids is 2. The molecule has 0 spiro atoms. The fraction of sp³-hybridized carbons (Fsp3) is 0.222. The Morgan fingerprint density at radius 2 is 1.73 bits per heavy atom. The summed E-state index contributed by atoms with van der Waals surface area (Å²) >= 11 is 0. The van der Waals surface area contributed by atoms with Crippen LogP contribution in [-0.4, -0.2) is 25.0 Å². The summed E-state index contributed by atoms with van der Waals surface area (Å²) in [5, 5.41) is 4.75. The van der Waals surface area contributed by atoms with E-state index in [0.717, 1.165) is 18.2 Å². The average Bonchev–Trinajstić information content (AvgIpc) is 2.61. The number of amides is 2. The first kappa shape index (κ1) is 19.3. The van der Waals surface area contributed by atoms with Crippen LogP contribution in [0.3, 0.4) is 0 Å². The second-order valence-corrected chi connectivity index (χ2v) is 5.45. The maximum absolute atomic E-state index is 13.4. The second-order valence-electron chi connectivity index (χ2n) is 5.45. The van der Waals surface area contributed by atoms with E-state index in [0.29, 0.717) is 0 Å². The first-order valence-corrected chi connectivity index (χ1v) is 7.71. The smallest absolute Gasteiger partial charge is 0.261 e. The standard InChI is InChI=1S/C18H17F3N2O3/c1-10(26-13-5-3-4-12(19)9-13)17(24)23-16(18(25)22-2)11-6-7-14(20)15(21)8-11/h3-10,16H,1-2H3,(H,22,25)(H,23,24). The minimum Gasteiger partial charge on any atom is -0.481 e. The number of rotatable bonds is 6. The van der Waals surface area contributed by atoms with Crippen LogP contribution in [0.1, 0.15) is 18.5 Å². The van der Waals surface area contributed by atoms with Gasteiger partial charge in [-0.05, 0) is 36.8 Å². The number of halogens is 3. The van der Waals surface area contributed by atoms with Crippen molar-refractivity contribution in [1.29, 1.82) is 0 Å². The maximum atomic E-state index is 13.4. The minimum atomic E-state index is -1.25. The number of benzene rings is 2. The van der Waals surface area contributed by atoms with Crippen molar-refractivity contribution in [1.82, 2.24) is 10.6 Å². The zero-order valence-corrected chi connectivity index (χ0v) is 14.1. The predicted molar refractivity (Wildman–Crippen MR) is 87.8 cm³/mol. The van der Waals surface area contributed by atoms with Crippen molar-refractivity contribution in [2.45, 2.75) is 19.1 Å². The molecule has 0 heterocycles. The molecule has 2 amide bonds. The van der Waals surface area contributed by atoms with Gasteiger partial charge in [0.2, 0.25) is 5.91 Å². The van der Waals surface area contributed by atoms with E-state index >= 15 is 0 Å². The molecule has 0 aliphatic carbocycles. The van der Waals surface area contributed by atoms with Crippen LogP contribution in [-0.2, 0) is 9.59 Å². The van der Waals surface area contributed by atoms with Crippen LogP contribution in [0.4, 0.5) is 13.2 Å². The van der Waals surface area contributed by atoms with Gasteiger partial charge in [0, 0.05) is 13.1 Å². The number of nitrogens with one attached hydrogen (secondary N) is 2. The normalized spacial score (nSPS) is 12.8. The van der Waals surface area contributed by atoms with Gasteiger partial charge in [0.15, 0.2) is 17.7 Å². The van der Waals surface area contributed by atoms with Crippen molar-refractivity contribution < 1.29 is 27.5 Å². The first-order valence-electron chi connectivity index (χ1n) is 7.71. The average molecular weight is 366 g/mol. The molecule has 0 radical (unpaired) electrons. The van der Waals surface area contributed by atoms with E-state index < -0.39 is 41.4 Å². The third-order valence-electron chi connectivity index (χ3n) is 3.55. The Bertz CT molecular complexity index is 814. The second kappa shape index (κ2) is 8.37. The Kier molecular flexibility index (Phi) is 6.21. The molecule has 2 N–H and O–H groups in total. The lowest BCUT2D eigenvalue weighted by atomic mass is 10.1. The Morgan fingerprint density at radius 1 is 1.00 bits per heavy atom. The van der Waals surface area contributed by atoms with Gasteiger partial charge in [-0.15, -0.1) is 0 Å². The lowest BCUT2D eigenvalue weighted by Gasteiger charge is -2.21. The lowest BCUT2D eigenvalue weighted by Crippen LogP contribution is -2.44. The molecular formula is C18H17F3N2O3. The molecule has 26 heavy (non-hydrogen) atoms. The van der Waals surface area contributed by atoms with Crippen LogP contribution >= 0.6 is 0 Å². The van der Waals surface area contributed by atoms with Crippen LogP contribution in [0.25, 0.3) is 0 Å². The summed E-state index contributed by atoms with van der Waals surface area (Å²) in [7, 11) is 1.34. The Labute approximate surface area is 148 Å². The number of hydrogen-bond acceptors (Lipinski definition) is 3. The molecule has 8 heteroatoms. The fourth-order valence-electron chi connectivity index (χ4n) is 2.19. The van der Waals surface area contributed by atoms with Crippen molar-refractivity contribution >= 4 is 11.8 Å². The molecule has 0 fully saturated rings. The summed E-state index contributed by atoms with van der Waals surface area (Å²) in [5.41, 5.74) is 0.0644. The van der Waals surface area contributed by atoms with Crippen molar-refractivity contribution in [2.24, 2.45) is 0 Å². The van der Waals surface area contributed by atoms with Gasteiger partial charge < -0.3 is 15.4 Å². The van der Waals surface area contributed by atoms with E-state index in [4.69, 9.17) is 4.74 Å². The number of carbonyl (C=O) groups is 2. The molecule has 0 bridgehead atoms. The Balaban J connectivity index is 2.15. The van der Waals surface area contributed by atoms with Crippen LogP contribution in [0.5, 0.6) is 5.75 Å². The molecule has 2 unspecified atom stereocenters. The summed E-state index contributed by atoms with van der Waals surface area (Å²) in [6, 6.07) is 6.85. The molecule has 2 aromatic rings. The van der Waals surface area contributed by atoms with Gasteiger partial charge in [0.05, 0.1) is 0 Å². The Morgan fingerprint density at radius 3 is 2.35 bits per heavy atom. The summed E-state index contributed by atoms with van der Waals surface area (Å²) in [6.45, 7) is 1.41. The number of likely N-dealkylation sites (N-methyl/N-ethyl adjacent to an activating group) is 1. The highest BCUT2D eigenvalue weighted by Gasteiger charge is 2.26. The van der Waals surface area contributed by atoms with E-state index in [1.54, 1.807) is 0 Å². The third kappa shape index (κ3) is 4.75. The fourth-order valence-corrected chi connectivity index (χ4v) is 2.19. The molecule has 5 nitrogen and oxygen atoms in total. The van der Waals surface area contributed by atoms with Gasteiger partial charge in [-0.25, -0.2) is 13.2 Å². The van der Waals surface area contributed by atoms with Crippen LogP contribution in [0.15, 0.2) is 42.5 Å². The minimum absolute atomic E-state index is 0.0644. The molecule has 0 aliphatic heterocycles.